The maximum Gasteiger partial charge on any atom is 0.241 e. The maximum absolute atomic E-state index is 14.1. The first-order valence-corrected chi connectivity index (χ1v) is 16.6. The number of benzene rings is 2. The van der Waals surface area contributed by atoms with Crippen molar-refractivity contribution in [3.63, 3.8) is 0 Å². The van der Waals surface area contributed by atoms with Gasteiger partial charge in [-0.3, -0.25) is 4.79 Å². The molecule has 2 aromatic heterocycles. The van der Waals surface area contributed by atoms with Crippen molar-refractivity contribution in [3.05, 3.63) is 102 Å². The zero-order valence-corrected chi connectivity index (χ0v) is 26.8. The van der Waals surface area contributed by atoms with Crippen molar-refractivity contribution in [1.82, 2.24) is 24.2 Å². The number of hydrogen-bond acceptors (Lipinski definition) is 7. The van der Waals surface area contributed by atoms with Gasteiger partial charge in [0.2, 0.25) is 15.9 Å². The quantitative estimate of drug-likeness (QED) is 0.256. The van der Waals surface area contributed by atoms with Crippen molar-refractivity contribution in [2.45, 2.75) is 35.7 Å². The number of carbonyl (C=O) groups is 1. The van der Waals surface area contributed by atoms with E-state index in [1.54, 1.807) is 42.9 Å². The molecule has 10 nitrogen and oxygen atoms in total. The molecule has 2 aromatic carbocycles. The highest BCUT2D eigenvalue weighted by atomic mass is 35.5. The van der Waals surface area contributed by atoms with Crippen molar-refractivity contribution < 1.29 is 22.7 Å². The van der Waals surface area contributed by atoms with Crippen molar-refractivity contribution >= 4 is 50.0 Å². The fourth-order valence-electron chi connectivity index (χ4n) is 5.65. The van der Waals surface area contributed by atoms with Gasteiger partial charge in [-0.15, -0.1) is 23.2 Å². The molecular formula is C32H31Cl2N5O5S. The Morgan fingerprint density at radius 2 is 1.98 bits per heavy atom. The Kier molecular flexibility index (Phi) is 8.62. The van der Waals surface area contributed by atoms with Crippen LogP contribution >= 0.6 is 23.2 Å². The monoisotopic (exact) mass is 667 g/mol. The first-order chi connectivity index (χ1) is 21.6. The minimum Gasteiger partial charge on any atom is -0.489 e. The van der Waals surface area contributed by atoms with Gasteiger partial charge in [0.05, 0.1) is 28.8 Å². The largest absolute Gasteiger partial charge is 0.489 e. The van der Waals surface area contributed by atoms with E-state index in [1.807, 2.05) is 54.1 Å². The van der Waals surface area contributed by atoms with Gasteiger partial charge in [-0.1, -0.05) is 42.5 Å². The topological polar surface area (TPSA) is 116 Å². The zero-order chi connectivity index (χ0) is 31.8. The van der Waals surface area contributed by atoms with Crippen LogP contribution in [-0.4, -0.2) is 75.8 Å². The molecule has 1 aliphatic heterocycles. The van der Waals surface area contributed by atoms with E-state index in [0.29, 0.717) is 17.0 Å². The number of imidazole rings is 1. The molecule has 2 unspecified atom stereocenters. The highest BCUT2D eigenvalue weighted by molar-refractivity contribution is 7.93. The number of hydrogen-bond donors (Lipinski definition) is 1. The van der Waals surface area contributed by atoms with Crippen LogP contribution in [0.15, 0.2) is 96.5 Å². The first-order valence-electron chi connectivity index (χ1n) is 14.3. The van der Waals surface area contributed by atoms with E-state index in [1.165, 1.54) is 13.1 Å². The number of sulfonamides is 1. The molecule has 1 N–H and O–H groups in total. The predicted molar refractivity (Wildman–Crippen MR) is 174 cm³/mol. The molecule has 13 heteroatoms. The van der Waals surface area contributed by atoms with Gasteiger partial charge in [0.25, 0.3) is 0 Å². The lowest BCUT2D eigenvalue weighted by molar-refractivity contribution is -0.123. The number of aromatic nitrogens is 3. The SMILES string of the molecule is CNC(=O)[C@@H]1C[C@@H](Oc2ccccc2)CN1S(=O)(=O)C1=CC=CC(Cl)(COc2cccc3c(-n4ccnc4)cc(C)nc23)C1Cl. The lowest BCUT2D eigenvalue weighted by Crippen LogP contribution is -2.49. The molecule has 0 bridgehead atoms. The van der Waals surface area contributed by atoms with E-state index in [4.69, 9.17) is 37.7 Å². The number of aryl methyl sites for hydroxylation is 1. The second kappa shape index (κ2) is 12.5. The van der Waals surface area contributed by atoms with Crippen molar-refractivity contribution in [2.24, 2.45) is 0 Å². The Hall–Kier alpha value is -3.90. The number of alkyl halides is 2. The fraction of sp³-hybridized carbons (Fsp3) is 0.281. The Morgan fingerprint density at radius 1 is 1.18 bits per heavy atom. The molecule has 2 aliphatic rings. The summed E-state index contributed by atoms with van der Waals surface area (Å²) in [6.45, 7) is 1.70. The van der Waals surface area contributed by atoms with E-state index in [0.717, 1.165) is 21.1 Å². The van der Waals surface area contributed by atoms with E-state index < -0.39 is 38.3 Å². The van der Waals surface area contributed by atoms with Crippen LogP contribution in [0, 0.1) is 6.92 Å². The number of nitrogens with zero attached hydrogens (tertiary/aromatic N) is 4. The first kappa shape index (κ1) is 31.1. The minimum atomic E-state index is -4.26. The molecular weight excluding hydrogens is 637 g/mol. The number of halogens is 2. The third-order valence-electron chi connectivity index (χ3n) is 7.86. The molecule has 45 heavy (non-hydrogen) atoms. The van der Waals surface area contributed by atoms with Crippen LogP contribution in [-0.2, 0) is 14.8 Å². The number of amides is 1. The molecule has 0 radical (unpaired) electrons. The van der Waals surface area contributed by atoms with Gasteiger partial charge in [-0.2, -0.15) is 4.31 Å². The smallest absolute Gasteiger partial charge is 0.241 e. The average molecular weight is 669 g/mol. The molecule has 0 saturated carbocycles. The van der Waals surface area contributed by atoms with E-state index in [-0.39, 0.29) is 24.5 Å². The summed E-state index contributed by atoms with van der Waals surface area (Å²) < 4.78 is 43.6. The van der Waals surface area contributed by atoms with Gasteiger partial charge < -0.3 is 19.4 Å². The van der Waals surface area contributed by atoms with Crippen molar-refractivity contribution in [1.29, 1.82) is 0 Å². The number of para-hydroxylation sites is 2. The summed E-state index contributed by atoms with van der Waals surface area (Å²) in [5.41, 5.74) is 2.28. The second-order valence-corrected chi connectivity index (χ2v) is 13.9. The molecule has 6 rings (SSSR count). The van der Waals surface area contributed by atoms with Gasteiger partial charge in [0.15, 0.2) is 0 Å². The highest BCUT2D eigenvalue weighted by Gasteiger charge is 2.50. The number of ether oxygens (including phenoxy) is 2. The van der Waals surface area contributed by atoms with Crippen LogP contribution in [0.5, 0.6) is 11.5 Å². The zero-order valence-electron chi connectivity index (χ0n) is 24.5. The van der Waals surface area contributed by atoms with Crippen LogP contribution < -0.4 is 14.8 Å². The van der Waals surface area contributed by atoms with Crippen LogP contribution in [0.2, 0.25) is 0 Å². The summed E-state index contributed by atoms with van der Waals surface area (Å²) in [4.78, 5) is 20.2. The number of allylic oxidation sites excluding steroid dienone is 3. The molecule has 0 spiro atoms. The fourth-order valence-corrected chi connectivity index (χ4v) is 8.37. The summed E-state index contributed by atoms with van der Waals surface area (Å²) in [5.74, 6) is 0.610. The normalized spacial score (nSPS) is 23.6. The number of pyridine rings is 1. The average Bonchev–Trinajstić information content (AvgIpc) is 3.72. The Morgan fingerprint density at radius 3 is 2.71 bits per heavy atom. The summed E-state index contributed by atoms with van der Waals surface area (Å²) in [7, 11) is -2.79. The number of fused-ring (bicyclic) bond motifs is 1. The maximum atomic E-state index is 14.1. The number of rotatable bonds is 9. The lowest BCUT2D eigenvalue weighted by Gasteiger charge is -2.34. The van der Waals surface area contributed by atoms with Crippen molar-refractivity contribution in [2.75, 3.05) is 20.2 Å². The molecule has 1 amide bonds. The molecule has 1 saturated heterocycles. The van der Waals surface area contributed by atoms with E-state index in [2.05, 4.69) is 10.3 Å². The molecule has 4 atom stereocenters. The molecule has 1 aliphatic carbocycles. The van der Waals surface area contributed by atoms with Gasteiger partial charge in [-0.25, -0.2) is 18.4 Å². The molecule has 234 valence electrons. The van der Waals surface area contributed by atoms with Crippen LogP contribution in [0.25, 0.3) is 16.6 Å². The predicted octanol–water partition coefficient (Wildman–Crippen LogP) is 4.74. The third kappa shape index (κ3) is 6.05. The molecule has 4 aromatic rings. The van der Waals surface area contributed by atoms with E-state index in [9.17, 15) is 13.2 Å². The summed E-state index contributed by atoms with van der Waals surface area (Å²) >= 11 is 13.9. The highest BCUT2D eigenvalue weighted by Crippen LogP contribution is 2.41. The minimum absolute atomic E-state index is 0.0357. The Bertz CT molecular complexity index is 1880. The molecule has 1 fully saturated rings. The number of carbonyl (C=O) groups excluding carboxylic acids is 1. The van der Waals surface area contributed by atoms with Gasteiger partial charge in [0, 0.05) is 36.9 Å². The van der Waals surface area contributed by atoms with E-state index >= 15 is 0 Å². The van der Waals surface area contributed by atoms with Crippen LogP contribution in [0.3, 0.4) is 0 Å². The summed E-state index contributed by atoms with van der Waals surface area (Å²) in [6.07, 6.45) is 9.47. The van der Waals surface area contributed by atoms with Gasteiger partial charge in [-0.05, 0) is 37.3 Å². The Balaban J connectivity index is 1.24. The van der Waals surface area contributed by atoms with Gasteiger partial charge in [0.1, 0.15) is 40.6 Å². The summed E-state index contributed by atoms with van der Waals surface area (Å²) in [6, 6.07) is 15.6. The third-order valence-corrected chi connectivity index (χ3v) is 11.2. The number of nitrogens with one attached hydrogen (secondary N) is 1. The molecule has 3 heterocycles. The van der Waals surface area contributed by atoms with Crippen LogP contribution in [0.1, 0.15) is 12.1 Å². The number of likely N-dealkylation sites (N-methyl/N-ethyl adjacent to an activating group) is 1. The lowest BCUT2D eigenvalue weighted by atomic mass is 10.00. The second-order valence-electron chi connectivity index (χ2n) is 10.9. The van der Waals surface area contributed by atoms with Gasteiger partial charge >= 0.3 is 0 Å². The standard InChI is InChI=1S/C32H31Cl2N5O5S/c1-21-16-25(38-15-14-36-20-38)24-10-6-11-27(29(24)37-21)43-19-32(34)13-7-12-28(30(32)33)45(41,42)39-18-23(17-26(39)31(40)35-2)44-22-8-4-3-5-9-22/h3-16,20,23,26,30H,17-19H2,1-2H3,(H,35,40)/t23-,26+,30?,32?/m1/s1. The summed E-state index contributed by atoms with van der Waals surface area (Å²) in [5, 5.41) is 2.20. The van der Waals surface area contributed by atoms with Crippen LogP contribution in [0.4, 0.5) is 0 Å². The Labute approximate surface area is 271 Å². The van der Waals surface area contributed by atoms with Crippen molar-refractivity contribution in [3.8, 4) is 17.2 Å².